The molecular formula is C17H24N2O. The van der Waals surface area contributed by atoms with E-state index >= 15 is 0 Å². The molecule has 0 radical (unpaired) electrons. The summed E-state index contributed by atoms with van der Waals surface area (Å²) in [6, 6.07) is 0. The lowest BCUT2D eigenvalue weighted by atomic mass is 9.49. The number of rotatable bonds is 0. The molecule has 0 aliphatic heterocycles. The smallest absolute Gasteiger partial charge is 0.139 e. The predicted octanol–water partition coefficient (Wildman–Crippen LogP) is 3.16. The van der Waals surface area contributed by atoms with Crippen LogP contribution >= 0.6 is 0 Å². The monoisotopic (exact) mass is 272 g/mol. The first-order valence-corrected chi connectivity index (χ1v) is 8.13. The average Bonchev–Trinajstić information content (AvgIpc) is 3.02. The van der Waals surface area contributed by atoms with Crippen molar-refractivity contribution in [3.63, 3.8) is 0 Å². The third-order valence-electron chi connectivity index (χ3n) is 6.51. The molecule has 0 aromatic carbocycles. The molecule has 0 saturated heterocycles. The van der Waals surface area contributed by atoms with Gasteiger partial charge in [0.15, 0.2) is 0 Å². The van der Waals surface area contributed by atoms with E-state index in [1.165, 1.54) is 30.5 Å². The highest BCUT2D eigenvalue weighted by Gasteiger charge is 2.59. The molecule has 2 fully saturated rings. The standard InChI is InChI=1S/C17H24N2O/c1-16-10-7-14(20)17(8-3-4-9-17)13(16)6-5-12-11-19(2)18-15(12)16/h11,13H,3-10H2,1-2H3/t13-,16+/m1/s1. The summed E-state index contributed by atoms with van der Waals surface area (Å²) in [7, 11) is 2.02. The van der Waals surface area contributed by atoms with Crippen LogP contribution in [0, 0.1) is 11.3 Å². The Hall–Kier alpha value is -1.12. The summed E-state index contributed by atoms with van der Waals surface area (Å²) in [5.41, 5.74) is 2.86. The topological polar surface area (TPSA) is 34.9 Å². The van der Waals surface area contributed by atoms with Crippen LogP contribution in [0.3, 0.4) is 0 Å². The van der Waals surface area contributed by atoms with Crippen LogP contribution in [-0.2, 0) is 23.7 Å². The zero-order chi connectivity index (χ0) is 14.0. The molecule has 0 amide bonds. The van der Waals surface area contributed by atoms with E-state index in [2.05, 4.69) is 13.1 Å². The Labute approximate surface area is 120 Å². The first kappa shape index (κ1) is 12.6. The van der Waals surface area contributed by atoms with Crippen LogP contribution < -0.4 is 0 Å². The highest BCUT2D eigenvalue weighted by Crippen LogP contribution is 2.60. The fraction of sp³-hybridized carbons (Fsp3) is 0.765. The number of carbonyl (C=O) groups excluding carboxylic acids is 1. The van der Waals surface area contributed by atoms with Crippen LogP contribution in [0.4, 0.5) is 0 Å². The molecule has 3 nitrogen and oxygen atoms in total. The van der Waals surface area contributed by atoms with E-state index in [4.69, 9.17) is 5.10 Å². The van der Waals surface area contributed by atoms with Gasteiger partial charge in [-0.25, -0.2) is 0 Å². The van der Waals surface area contributed by atoms with E-state index in [1.54, 1.807) is 0 Å². The van der Waals surface area contributed by atoms with Gasteiger partial charge < -0.3 is 0 Å². The van der Waals surface area contributed by atoms with Gasteiger partial charge in [0, 0.05) is 30.5 Å². The largest absolute Gasteiger partial charge is 0.299 e. The van der Waals surface area contributed by atoms with E-state index in [9.17, 15) is 4.79 Å². The minimum Gasteiger partial charge on any atom is -0.299 e. The summed E-state index contributed by atoms with van der Waals surface area (Å²) in [6.07, 6.45) is 11.0. The second-order valence-corrected chi connectivity index (χ2v) is 7.47. The minimum absolute atomic E-state index is 0.00219. The number of hydrogen-bond acceptors (Lipinski definition) is 2. The number of fused-ring (bicyclic) bond motifs is 4. The maximum atomic E-state index is 12.7. The Kier molecular flexibility index (Phi) is 2.49. The van der Waals surface area contributed by atoms with Gasteiger partial charge in [-0.15, -0.1) is 0 Å². The molecule has 0 N–H and O–H groups in total. The van der Waals surface area contributed by atoms with E-state index in [-0.39, 0.29) is 10.8 Å². The molecule has 1 aromatic heterocycles. The number of aryl methyl sites for hydroxylation is 2. The van der Waals surface area contributed by atoms with Gasteiger partial charge in [0.05, 0.1) is 5.69 Å². The highest BCUT2D eigenvalue weighted by atomic mass is 16.1. The molecule has 2 atom stereocenters. The molecule has 1 aromatic rings. The number of nitrogens with zero attached hydrogens (tertiary/aromatic N) is 2. The Bertz CT molecular complexity index is 568. The Morgan fingerprint density at radius 1 is 1.25 bits per heavy atom. The van der Waals surface area contributed by atoms with Crippen molar-refractivity contribution < 1.29 is 4.79 Å². The predicted molar refractivity (Wildman–Crippen MR) is 77.5 cm³/mol. The number of hydrogen-bond donors (Lipinski definition) is 0. The van der Waals surface area contributed by atoms with Gasteiger partial charge in [-0.3, -0.25) is 9.48 Å². The van der Waals surface area contributed by atoms with Crippen molar-refractivity contribution in [2.75, 3.05) is 0 Å². The first-order valence-electron chi connectivity index (χ1n) is 8.13. The zero-order valence-electron chi connectivity index (χ0n) is 12.6. The molecule has 3 aliphatic rings. The van der Waals surface area contributed by atoms with Gasteiger partial charge in [0.2, 0.25) is 0 Å². The number of ketones is 1. The molecule has 0 unspecified atom stereocenters. The molecule has 3 heteroatoms. The SMILES string of the molecule is Cn1cc2c(n1)[C@@]1(C)CCC(=O)C3(CCCC3)[C@@H]1CC2. The number of carbonyl (C=O) groups is 1. The van der Waals surface area contributed by atoms with Crippen LogP contribution in [0.25, 0.3) is 0 Å². The number of Topliss-reactive ketones (excluding diaryl/α,β-unsaturated/α-hetero) is 1. The van der Waals surface area contributed by atoms with Gasteiger partial charge in [0.1, 0.15) is 5.78 Å². The fourth-order valence-corrected chi connectivity index (χ4v) is 5.61. The third kappa shape index (κ3) is 1.41. The Morgan fingerprint density at radius 3 is 2.75 bits per heavy atom. The second kappa shape index (κ2) is 3.96. The lowest BCUT2D eigenvalue weighted by Crippen LogP contribution is -2.53. The van der Waals surface area contributed by atoms with E-state index < -0.39 is 0 Å². The van der Waals surface area contributed by atoms with Crippen LogP contribution in [0.2, 0.25) is 0 Å². The van der Waals surface area contributed by atoms with Gasteiger partial charge in [-0.05, 0) is 43.6 Å². The highest BCUT2D eigenvalue weighted by molar-refractivity contribution is 5.87. The van der Waals surface area contributed by atoms with Crippen LogP contribution in [0.1, 0.15) is 63.1 Å². The first-order chi connectivity index (χ1) is 9.56. The summed E-state index contributed by atoms with van der Waals surface area (Å²) >= 11 is 0. The lowest BCUT2D eigenvalue weighted by molar-refractivity contribution is -0.139. The van der Waals surface area contributed by atoms with Gasteiger partial charge in [0.25, 0.3) is 0 Å². The van der Waals surface area contributed by atoms with Crippen LogP contribution in [-0.4, -0.2) is 15.6 Å². The third-order valence-corrected chi connectivity index (χ3v) is 6.51. The van der Waals surface area contributed by atoms with E-state index in [1.807, 2.05) is 11.7 Å². The minimum atomic E-state index is 0.00219. The van der Waals surface area contributed by atoms with Crippen molar-refractivity contribution in [3.05, 3.63) is 17.5 Å². The zero-order valence-corrected chi connectivity index (χ0v) is 12.6. The summed E-state index contributed by atoms with van der Waals surface area (Å²) in [6.45, 7) is 2.38. The molecule has 20 heavy (non-hydrogen) atoms. The maximum absolute atomic E-state index is 12.7. The summed E-state index contributed by atoms with van der Waals surface area (Å²) in [4.78, 5) is 12.7. The summed E-state index contributed by atoms with van der Waals surface area (Å²) in [5, 5.41) is 4.79. The Morgan fingerprint density at radius 2 is 2.00 bits per heavy atom. The maximum Gasteiger partial charge on any atom is 0.139 e. The van der Waals surface area contributed by atoms with Crippen LogP contribution in [0.5, 0.6) is 0 Å². The van der Waals surface area contributed by atoms with Gasteiger partial charge >= 0.3 is 0 Å². The summed E-state index contributed by atoms with van der Waals surface area (Å²) < 4.78 is 1.97. The summed E-state index contributed by atoms with van der Waals surface area (Å²) in [5.74, 6) is 1.10. The normalized spacial score (nSPS) is 35.1. The molecule has 4 rings (SSSR count). The Balaban J connectivity index is 1.84. The lowest BCUT2D eigenvalue weighted by Gasteiger charge is -2.53. The molecular weight excluding hydrogens is 248 g/mol. The van der Waals surface area contributed by atoms with Crippen LogP contribution in [0.15, 0.2) is 6.20 Å². The van der Waals surface area contributed by atoms with Crippen molar-refractivity contribution in [2.45, 2.75) is 63.7 Å². The van der Waals surface area contributed by atoms with Crippen molar-refractivity contribution in [3.8, 4) is 0 Å². The van der Waals surface area contributed by atoms with Gasteiger partial charge in [-0.1, -0.05) is 19.8 Å². The van der Waals surface area contributed by atoms with E-state index in [0.717, 1.165) is 32.1 Å². The molecule has 108 valence electrons. The average molecular weight is 272 g/mol. The quantitative estimate of drug-likeness (QED) is 0.727. The molecule has 1 heterocycles. The van der Waals surface area contributed by atoms with Crippen molar-refractivity contribution in [1.82, 2.24) is 9.78 Å². The fourth-order valence-electron chi connectivity index (χ4n) is 5.61. The second-order valence-electron chi connectivity index (χ2n) is 7.47. The van der Waals surface area contributed by atoms with E-state index in [0.29, 0.717) is 11.7 Å². The van der Waals surface area contributed by atoms with Crippen molar-refractivity contribution in [1.29, 1.82) is 0 Å². The molecule has 3 aliphatic carbocycles. The van der Waals surface area contributed by atoms with Crippen molar-refractivity contribution >= 4 is 5.78 Å². The molecule has 1 spiro atoms. The molecule has 2 saturated carbocycles. The molecule has 0 bridgehead atoms. The van der Waals surface area contributed by atoms with Crippen molar-refractivity contribution in [2.24, 2.45) is 18.4 Å². The van der Waals surface area contributed by atoms with Gasteiger partial charge in [-0.2, -0.15) is 5.10 Å². The number of aromatic nitrogens is 2.